The normalized spacial score (nSPS) is 13.3. The van der Waals surface area contributed by atoms with E-state index in [9.17, 15) is 27.6 Å². The molecule has 35 heavy (non-hydrogen) atoms. The van der Waals surface area contributed by atoms with E-state index in [1.54, 1.807) is 30.3 Å². The van der Waals surface area contributed by atoms with Crippen molar-refractivity contribution in [2.45, 2.75) is 12.6 Å². The summed E-state index contributed by atoms with van der Waals surface area (Å²) in [6.45, 7) is -0.0587. The predicted octanol–water partition coefficient (Wildman–Crippen LogP) is 4.71. The molecule has 0 radical (unpaired) electrons. The van der Waals surface area contributed by atoms with E-state index in [2.05, 4.69) is 10.6 Å². The zero-order chi connectivity index (χ0) is 25.0. The minimum absolute atomic E-state index is 0.0141. The van der Waals surface area contributed by atoms with Crippen LogP contribution in [0, 0.1) is 0 Å². The molecule has 3 amide bonds. The van der Waals surface area contributed by atoms with Crippen molar-refractivity contribution in [1.82, 2.24) is 0 Å². The van der Waals surface area contributed by atoms with Crippen LogP contribution in [0.25, 0.3) is 0 Å². The van der Waals surface area contributed by atoms with E-state index >= 15 is 0 Å². The van der Waals surface area contributed by atoms with Crippen molar-refractivity contribution in [2.24, 2.45) is 0 Å². The Hall–Kier alpha value is -4.34. The van der Waals surface area contributed by atoms with Gasteiger partial charge in [0.1, 0.15) is 12.3 Å². The molecular formula is C25H20F3N3O4. The van der Waals surface area contributed by atoms with Gasteiger partial charge in [-0.05, 0) is 48.5 Å². The third-order valence-electron chi connectivity index (χ3n) is 5.19. The molecule has 2 N–H and O–H groups in total. The van der Waals surface area contributed by atoms with Crippen LogP contribution in [-0.4, -0.2) is 30.9 Å². The number of para-hydroxylation sites is 2. The van der Waals surface area contributed by atoms with Crippen LogP contribution in [0.15, 0.2) is 72.8 Å². The Morgan fingerprint density at radius 2 is 1.63 bits per heavy atom. The molecular weight excluding hydrogens is 463 g/mol. The van der Waals surface area contributed by atoms with Gasteiger partial charge < -0.3 is 15.4 Å². The molecule has 3 aromatic carbocycles. The highest BCUT2D eigenvalue weighted by molar-refractivity contribution is 6.06. The predicted molar refractivity (Wildman–Crippen MR) is 123 cm³/mol. The number of nitrogens with zero attached hydrogens (tertiary/aromatic N) is 1. The Kier molecular flexibility index (Phi) is 6.72. The molecule has 4 rings (SSSR count). The molecule has 0 aromatic heterocycles. The fourth-order valence-corrected chi connectivity index (χ4v) is 3.55. The highest BCUT2D eigenvalue weighted by Gasteiger charge is 2.30. The Morgan fingerprint density at radius 3 is 2.40 bits per heavy atom. The number of fused-ring (bicyclic) bond motifs is 1. The molecule has 0 fully saturated rings. The maximum Gasteiger partial charge on any atom is 0.416 e. The van der Waals surface area contributed by atoms with E-state index in [-0.39, 0.29) is 36.7 Å². The second kappa shape index (κ2) is 9.88. The maximum atomic E-state index is 12.9. The van der Waals surface area contributed by atoms with Crippen molar-refractivity contribution in [3.8, 4) is 5.75 Å². The highest BCUT2D eigenvalue weighted by atomic mass is 19.4. The van der Waals surface area contributed by atoms with Crippen LogP contribution in [0.2, 0.25) is 0 Å². The number of nitrogens with one attached hydrogen (secondary N) is 2. The van der Waals surface area contributed by atoms with Crippen molar-refractivity contribution in [1.29, 1.82) is 0 Å². The van der Waals surface area contributed by atoms with Crippen LogP contribution in [0.1, 0.15) is 22.3 Å². The number of benzene rings is 3. The number of alkyl halides is 3. The lowest BCUT2D eigenvalue weighted by Gasteiger charge is -2.21. The monoisotopic (exact) mass is 483 g/mol. The Bertz CT molecular complexity index is 1280. The molecule has 0 saturated heterocycles. The molecule has 0 aliphatic carbocycles. The number of rotatable bonds is 5. The number of amides is 3. The van der Waals surface area contributed by atoms with E-state index in [1.165, 1.54) is 35.2 Å². The van der Waals surface area contributed by atoms with E-state index < -0.39 is 23.6 Å². The zero-order valence-electron chi connectivity index (χ0n) is 18.3. The van der Waals surface area contributed by atoms with Crippen LogP contribution in [0.4, 0.5) is 30.2 Å². The minimum atomic E-state index is -4.54. The third-order valence-corrected chi connectivity index (χ3v) is 5.19. The number of ether oxygens (including phenoxy) is 1. The molecule has 3 aromatic rings. The van der Waals surface area contributed by atoms with E-state index in [0.29, 0.717) is 17.1 Å². The lowest BCUT2D eigenvalue weighted by molar-refractivity contribution is -0.137. The van der Waals surface area contributed by atoms with Gasteiger partial charge in [-0.2, -0.15) is 13.2 Å². The van der Waals surface area contributed by atoms with Gasteiger partial charge in [0.2, 0.25) is 11.8 Å². The van der Waals surface area contributed by atoms with Gasteiger partial charge >= 0.3 is 6.18 Å². The second-order valence-electron chi connectivity index (χ2n) is 7.71. The number of carbonyl (C=O) groups excluding carboxylic acids is 3. The SMILES string of the molecule is O=C(CN1C(=O)CCOc2ccccc21)Nc1cccc(C(=O)Nc2cccc(C(F)(F)F)c2)c1. The lowest BCUT2D eigenvalue weighted by atomic mass is 10.1. The third kappa shape index (κ3) is 5.78. The summed E-state index contributed by atoms with van der Waals surface area (Å²) in [5, 5.41) is 5.07. The minimum Gasteiger partial charge on any atom is -0.491 e. The summed E-state index contributed by atoms with van der Waals surface area (Å²) in [6, 6.07) is 17.1. The van der Waals surface area contributed by atoms with Gasteiger partial charge in [-0.3, -0.25) is 19.3 Å². The average molecular weight is 483 g/mol. The average Bonchev–Trinajstić information content (AvgIpc) is 2.97. The van der Waals surface area contributed by atoms with Crippen molar-refractivity contribution in [2.75, 3.05) is 28.7 Å². The van der Waals surface area contributed by atoms with Crippen molar-refractivity contribution in [3.63, 3.8) is 0 Å². The molecule has 180 valence electrons. The summed E-state index contributed by atoms with van der Waals surface area (Å²) < 4.78 is 44.3. The molecule has 0 bridgehead atoms. The van der Waals surface area contributed by atoms with Crippen molar-refractivity contribution >= 4 is 34.8 Å². The second-order valence-corrected chi connectivity index (χ2v) is 7.71. The standard InChI is InChI=1S/C25H20F3N3O4/c26-25(27,28)17-6-4-8-19(14-17)30-24(34)16-5-3-7-18(13-16)29-22(32)15-31-20-9-1-2-10-21(20)35-12-11-23(31)33/h1-10,13-14H,11-12,15H2,(H,29,32)(H,30,34). The fourth-order valence-electron chi connectivity index (χ4n) is 3.55. The fraction of sp³-hybridized carbons (Fsp3) is 0.160. The van der Waals surface area contributed by atoms with Gasteiger partial charge in [0, 0.05) is 16.9 Å². The zero-order valence-corrected chi connectivity index (χ0v) is 18.3. The molecule has 1 heterocycles. The summed E-state index contributed by atoms with van der Waals surface area (Å²) >= 11 is 0. The first-order valence-electron chi connectivity index (χ1n) is 10.6. The Labute approximate surface area is 198 Å². The Balaban J connectivity index is 1.44. The van der Waals surface area contributed by atoms with Gasteiger partial charge in [-0.15, -0.1) is 0 Å². The summed E-state index contributed by atoms with van der Waals surface area (Å²) in [5.41, 5.74) is 0.00819. The summed E-state index contributed by atoms with van der Waals surface area (Å²) in [7, 11) is 0. The summed E-state index contributed by atoms with van der Waals surface area (Å²) in [4.78, 5) is 39.1. The van der Waals surface area contributed by atoms with Crippen molar-refractivity contribution < 1.29 is 32.3 Å². The smallest absolute Gasteiger partial charge is 0.416 e. The quantitative estimate of drug-likeness (QED) is 0.550. The molecule has 0 saturated carbocycles. The molecule has 7 nitrogen and oxygen atoms in total. The van der Waals surface area contributed by atoms with Gasteiger partial charge in [0.05, 0.1) is 24.3 Å². The molecule has 0 unspecified atom stereocenters. The summed E-state index contributed by atoms with van der Waals surface area (Å²) in [6.07, 6.45) is -4.42. The van der Waals surface area contributed by atoms with Gasteiger partial charge in [0.25, 0.3) is 5.91 Å². The van der Waals surface area contributed by atoms with Gasteiger partial charge in [0.15, 0.2) is 0 Å². The number of halogens is 3. The lowest BCUT2D eigenvalue weighted by Crippen LogP contribution is -2.37. The molecule has 1 aliphatic rings. The van der Waals surface area contributed by atoms with Crippen LogP contribution in [0.3, 0.4) is 0 Å². The van der Waals surface area contributed by atoms with Gasteiger partial charge in [-0.25, -0.2) is 0 Å². The summed E-state index contributed by atoms with van der Waals surface area (Å²) in [5.74, 6) is -0.904. The van der Waals surface area contributed by atoms with E-state index in [1.807, 2.05) is 0 Å². The highest BCUT2D eigenvalue weighted by Crippen LogP contribution is 2.32. The number of hydrogen-bond acceptors (Lipinski definition) is 4. The number of carbonyl (C=O) groups is 3. The van der Waals surface area contributed by atoms with Crippen LogP contribution in [0.5, 0.6) is 5.75 Å². The topological polar surface area (TPSA) is 87.7 Å². The molecule has 0 spiro atoms. The first kappa shape index (κ1) is 23.8. The number of anilines is 3. The number of hydrogen-bond donors (Lipinski definition) is 2. The first-order valence-corrected chi connectivity index (χ1v) is 10.6. The molecule has 10 heteroatoms. The first-order chi connectivity index (χ1) is 16.7. The molecule has 1 aliphatic heterocycles. The molecule has 0 atom stereocenters. The Morgan fingerprint density at radius 1 is 0.914 bits per heavy atom. The van der Waals surface area contributed by atoms with E-state index in [4.69, 9.17) is 4.74 Å². The van der Waals surface area contributed by atoms with E-state index in [0.717, 1.165) is 12.1 Å². The largest absolute Gasteiger partial charge is 0.491 e. The van der Waals surface area contributed by atoms with Crippen LogP contribution >= 0.6 is 0 Å². The maximum absolute atomic E-state index is 12.9. The van der Waals surface area contributed by atoms with Gasteiger partial charge in [-0.1, -0.05) is 24.3 Å². The van der Waals surface area contributed by atoms with Crippen LogP contribution in [-0.2, 0) is 15.8 Å². The van der Waals surface area contributed by atoms with Crippen LogP contribution < -0.4 is 20.3 Å². The van der Waals surface area contributed by atoms with Crippen molar-refractivity contribution in [3.05, 3.63) is 83.9 Å².